The fraction of sp³-hybridized carbons (Fsp3) is 0.158. The molecule has 140 valence electrons. The molecule has 1 fully saturated rings. The van der Waals surface area contributed by atoms with Crippen LogP contribution in [0.5, 0.6) is 11.5 Å². The van der Waals surface area contributed by atoms with Gasteiger partial charge in [-0.25, -0.2) is 4.99 Å². The number of methoxy groups -OCH3 is 1. The van der Waals surface area contributed by atoms with E-state index in [2.05, 4.69) is 15.0 Å². The number of nitrogens with zero attached hydrogens (tertiary/aromatic N) is 1. The molecule has 1 saturated heterocycles. The SMILES string of the molecule is COc1ccc(/C=C2\SC(=Nc3ccc(C)cc3)NC2=O)cc1OC(F)F. The molecule has 0 atom stereocenters. The van der Waals surface area contributed by atoms with Crippen molar-refractivity contribution in [2.24, 2.45) is 4.99 Å². The molecule has 1 heterocycles. The van der Waals surface area contributed by atoms with E-state index < -0.39 is 6.61 Å². The number of thioether (sulfide) groups is 1. The van der Waals surface area contributed by atoms with Gasteiger partial charge in [0.25, 0.3) is 5.91 Å². The zero-order valence-corrected chi connectivity index (χ0v) is 15.3. The first-order valence-corrected chi connectivity index (χ1v) is 8.75. The van der Waals surface area contributed by atoms with E-state index in [-0.39, 0.29) is 17.4 Å². The van der Waals surface area contributed by atoms with Crippen LogP contribution in [-0.2, 0) is 4.79 Å². The highest BCUT2D eigenvalue weighted by molar-refractivity contribution is 8.18. The van der Waals surface area contributed by atoms with Gasteiger partial charge in [0.2, 0.25) is 0 Å². The number of benzene rings is 2. The Morgan fingerprint density at radius 2 is 1.89 bits per heavy atom. The molecule has 0 unspecified atom stereocenters. The van der Waals surface area contributed by atoms with Crippen LogP contribution in [0.4, 0.5) is 14.5 Å². The fourth-order valence-electron chi connectivity index (χ4n) is 2.34. The van der Waals surface area contributed by atoms with Crippen LogP contribution in [0, 0.1) is 6.92 Å². The van der Waals surface area contributed by atoms with E-state index in [0.29, 0.717) is 15.6 Å². The van der Waals surface area contributed by atoms with Gasteiger partial charge in [-0.05, 0) is 54.6 Å². The number of aliphatic imine (C=N–C) groups is 1. The largest absolute Gasteiger partial charge is 0.493 e. The fourth-order valence-corrected chi connectivity index (χ4v) is 3.18. The summed E-state index contributed by atoms with van der Waals surface area (Å²) in [6.07, 6.45) is 1.58. The molecule has 3 rings (SSSR count). The number of rotatable bonds is 5. The Bertz CT molecular complexity index is 912. The first-order chi connectivity index (χ1) is 12.9. The molecule has 0 bridgehead atoms. The van der Waals surface area contributed by atoms with Crippen molar-refractivity contribution in [2.75, 3.05) is 7.11 Å². The molecule has 27 heavy (non-hydrogen) atoms. The molecular formula is C19H16F2N2O3S. The second kappa shape index (κ2) is 8.22. The van der Waals surface area contributed by atoms with Crippen LogP contribution < -0.4 is 14.8 Å². The molecule has 5 nitrogen and oxygen atoms in total. The molecule has 1 aliphatic rings. The maximum atomic E-state index is 12.5. The minimum Gasteiger partial charge on any atom is -0.493 e. The van der Waals surface area contributed by atoms with Gasteiger partial charge in [-0.15, -0.1) is 0 Å². The molecule has 0 aliphatic carbocycles. The summed E-state index contributed by atoms with van der Waals surface area (Å²) in [5, 5.41) is 3.14. The summed E-state index contributed by atoms with van der Waals surface area (Å²) in [6, 6.07) is 12.1. The van der Waals surface area contributed by atoms with Crippen molar-refractivity contribution in [3.8, 4) is 11.5 Å². The topological polar surface area (TPSA) is 59.9 Å². The highest BCUT2D eigenvalue weighted by Crippen LogP contribution is 2.33. The molecule has 0 radical (unpaired) electrons. The number of hydrogen-bond donors (Lipinski definition) is 1. The van der Waals surface area contributed by atoms with E-state index >= 15 is 0 Å². The minimum absolute atomic E-state index is 0.0983. The van der Waals surface area contributed by atoms with Gasteiger partial charge in [-0.3, -0.25) is 4.79 Å². The summed E-state index contributed by atoms with van der Waals surface area (Å²) in [6.45, 7) is -0.996. The third kappa shape index (κ3) is 4.85. The third-order valence-electron chi connectivity index (χ3n) is 3.62. The van der Waals surface area contributed by atoms with Crippen LogP contribution >= 0.6 is 11.8 Å². The quantitative estimate of drug-likeness (QED) is 0.764. The lowest BCUT2D eigenvalue weighted by Crippen LogP contribution is -2.19. The monoisotopic (exact) mass is 390 g/mol. The summed E-state index contributed by atoms with van der Waals surface area (Å²) < 4.78 is 34.5. The molecule has 0 spiro atoms. The van der Waals surface area contributed by atoms with Crippen LogP contribution in [0.3, 0.4) is 0 Å². The van der Waals surface area contributed by atoms with Gasteiger partial charge < -0.3 is 14.8 Å². The Morgan fingerprint density at radius 3 is 2.56 bits per heavy atom. The van der Waals surface area contributed by atoms with Crippen molar-refractivity contribution in [2.45, 2.75) is 13.5 Å². The van der Waals surface area contributed by atoms with Gasteiger partial charge in [0, 0.05) is 0 Å². The molecule has 2 aromatic carbocycles. The summed E-state index contributed by atoms with van der Waals surface area (Å²) in [4.78, 5) is 16.9. The number of hydrogen-bond acceptors (Lipinski definition) is 5. The lowest BCUT2D eigenvalue weighted by atomic mass is 10.2. The lowest BCUT2D eigenvalue weighted by Gasteiger charge is -2.10. The smallest absolute Gasteiger partial charge is 0.387 e. The average molecular weight is 390 g/mol. The van der Waals surface area contributed by atoms with Crippen molar-refractivity contribution in [1.82, 2.24) is 5.32 Å². The molecule has 0 aromatic heterocycles. The predicted molar refractivity (Wildman–Crippen MR) is 102 cm³/mol. The summed E-state index contributed by atoms with van der Waals surface area (Å²) in [5.74, 6) is -0.223. The van der Waals surface area contributed by atoms with E-state index in [9.17, 15) is 13.6 Å². The number of carbonyl (C=O) groups excluding carboxylic acids is 1. The number of aryl methyl sites for hydroxylation is 1. The number of carbonyl (C=O) groups is 1. The first kappa shape index (κ1) is 18.9. The number of amidine groups is 1. The van der Waals surface area contributed by atoms with E-state index in [1.807, 2.05) is 31.2 Å². The highest BCUT2D eigenvalue weighted by Gasteiger charge is 2.24. The average Bonchev–Trinajstić information content (AvgIpc) is 2.96. The number of amides is 1. The van der Waals surface area contributed by atoms with Gasteiger partial charge >= 0.3 is 6.61 Å². The van der Waals surface area contributed by atoms with Crippen LogP contribution in [0.2, 0.25) is 0 Å². The molecule has 0 saturated carbocycles. The minimum atomic E-state index is -2.97. The van der Waals surface area contributed by atoms with E-state index in [1.165, 1.54) is 31.0 Å². The van der Waals surface area contributed by atoms with Gasteiger partial charge in [0.15, 0.2) is 16.7 Å². The van der Waals surface area contributed by atoms with Crippen LogP contribution in [-0.4, -0.2) is 24.8 Å². The van der Waals surface area contributed by atoms with E-state index in [0.717, 1.165) is 11.3 Å². The molecule has 8 heteroatoms. The zero-order valence-electron chi connectivity index (χ0n) is 14.5. The zero-order chi connectivity index (χ0) is 19.4. The highest BCUT2D eigenvalue weighted by atomic mass is 32.2. The van der Waals surface area contributed by atoms with Crippen LogP contribution in [0.1, 0.15) is 11.1 Å². The Labute approximate surface area is 159 Å². The molecule has 1 N–H and O–H groups in total. The molecule has 2 aromatic rings. The van der Waals surface area contributed by atoms with Crippen molar-refractivity contribution >= 4 is 34.6 Å². The molecule has 1 aliphatic heterocycles. The van der Waals surface area contributed by atoms with E-state index in [1.54, 1.807) is 12.1 Å². The van der Waals surface area contributed by atoms with E-state index in [4.69, 9.17) is 4.74 Å². The maximum absolute atomic E-state index is 12.5. The Kier molecular flexibility index (Phi) is 5.75. The summed E-state index contributed by atoms with van der Waals surface area (Å²) in [5.41, 5.74) is 2.37. The maximum Gasteiger partial charge on any atom is 0.387 e. The second-order valence-electron chi connectivity index (χ2n) is 5.61. The third-order valence-corrected chi connectivity index (χ3v) is 4.53. The standard InChI is InChI=1S/C19H16F2N2O3S/c1-11-3-6-13(7-4-11)22-19-23-17(24)16(27-19)10-12-5-8-14(25-2)15(9-12)26-18(20)21/h3-10,18H,1-2H3,(H,22,23,24)/b16-10-. The van der Waals surface area contributed by atoms with Crippen LogP contribution in [0.15, 0.2) is 52.4 Å². The van der Waals surface area contributed by atoms with Crippen molar-refractivity contribution in [1.29, 1.82) is 0 Å². The van der Waals surface area contributed by atoms with Crippen molar-refractivity contribution in [3.63, 3.8) is 0 Å². The normalized spacial score (nSPS) is 16.9. The van der Waals surface area contributed by atoms with Crippen molar-refractivity contribution < 1.29 is 23.0 Å². The second-order valence-corrected chi connectivity index (χ2v) is 6.64. The summed E-state index contributed by atoms with van der Waals surface area (Å²) >= 11 is 1.17. The van der Waals surface area contributed by atoms with Crippen molar-refractivity contribution in [3.05, 3.63) is 58.5 Å². The first-order valence-electron chi connectivity index (χ1n) is 7.93. The number of alkyl halides is 2. The number of nitrogens with one attached hydrogen (secondary N) is 1. The van der Waals surface area contributed by atoms with Gasteiger partial charge in [0.05, 0.1) is 17.7 Å². The van der Waals surface area contributed by atoms with Crippen LogP contribution in [0.25, 0.3) is 6.08 Å². The predicted octanol–water partition coefficient (Wildman–Crippen LogP) is 4.50. The number of halogens is 2. The Balaban J connectivity index is 1.83. The number of ether oxygens (including phenoxy) is 2. The van der Waals surface area contributed by atoms with Gasteiger partial charge in [0.1, 0.15) is 0 Å². The summed E-state index contributed by atoms with van der Waals surface area (Å²) in [7, 11) is 1.36. The molecule has 1 amide bonds. The van der Waals surface area contributed by atoms with Gasteiger partial charge in [-0.1, -0.05) is 23.8 Å². The Hall–Kier alpha value is -2.87. The molecular weight excluding hydrogens is 374 g/mol. The van der Waals surface area contributed by atoms with Gasteiger partial charge in [-0.2, -0.15) is 8.78 Å². The Morgan fingerprint density at radius 1 is 1.15 bits per heavy atom. The lowest BCUT2D eigenvalue weighted by molar-refractivity contribution is -0.115.